The highest BCUT2D eigenvalue weighted by Gasteiger charge is 2.81. The minimum atomic E-state index is -1.70. The van der Waals surface area contributed by atoms with E-state index in [1.807, 2.05) is 27.0 Å². The third kappa shape index (κ3) is 3.20. The number of rotatable bonds is 4. The molecule has 4 heterocycles. The van der Waals surface area contributed by atoms with E-state index in [0.717, 1.165) is 28.9 Å². The smallest absolute Gasteiger partial charge is 0.340 e. The number of aliphatic hydroxyl groups is 3. The number of aromatic nitrogens is 1. The monoisotopic (exact) mass is 568 g/mol. The van der Waals surface area contributed by atoms with E-state index in [-0.39, 0.29) is 11.9 Å². The number of H-pyrrole nitrogens is 1. The van der Waals surface area contributed by atoms with Crippen LogP contribution in [0.3, 0.4) is 0 Å². The molecule has 9 atom stereocenters. The number of fused-ring (bicyclic) bond motifs is 1. The number of hydrogen-bond acceptors (Lipinski definition) is 8. The zero-order valence-electron chi connectivity index (χ0n) is 24.8. The van der Waals surface area contributed by atoms with Crippen molar-refractivity contribution in [2.24, 2.45) is 16.7 Å². The molecule has 0 amide bonds. The summed E-state index contributed by atoms with van der Waals surface area (Å²) in [6, 6.07) is 0. The standard InChI is InChI=1S/C32H44N2O7/c1-6-22-25(18(2)16-33-22)27(37)40-19(3)20-9-10-30-23-8-7-21-26(36)31(38)12-11-28(21,4)32(23,41-31)24(35)15-29(20,30)17-34(5)13-14-39-30/h8-9,16,19,21,24,26,33,35-36,38H,6-7,10-15,17H2,1-5H3/t19-,21+,24+,26?,28-,29-,30-,31+,32-/m0/s1. The third-order valence-corrected chi connectivity index (χ3v) is 12.0. The second-order valence-corrected chi connectivity index (χ2v) is 13.8. The Kier molecular flexibility index (Phi) is 5.95. The molecule has 1 aromatic rings. The van der Waals surface area contributed by atoms with Crippen molar-refractivity contribution in [3.8, 4) is 0 Å². The van der Waals surface area contributed by atoms with E-state index in [1.54, 1.807) is 0 Å². The second-order valence-electron chi connectivity index (χ2n) is 13.8. The Morgan fingerprint density at radius 1 is 1.29 bits per heavy atom. The normalized spacial score (nSPS) is 45.6. The number of aryl methyl sites for hydroxylation is 2. The molecule has 9 nitrogen and oxygen atoms in total. The number of likely N-dealkylation sites (N-methyl/N-ethyl adjacent to an activating group) is 1. The van der Waals surface area contributed by atoms with Gasteiger partial charge in [0, 0.05) is 48.1 Å². The first kappa shape index (κ1) is 27.8. The van der Waals surface area contributed by atoms with Crippen molar-refractivity contribution < 1.29 is 34.3 Å². The molecule has 4 bridgehead atoms. The van der Waals surface area contributed by atoms with Gasteiger partial charge in [-0.05, 0) is 69.7 Å². The molecule has 224 valence electrons. The first-order valence-corrected chi connectivity index (χ1v) is 15.3. The van der Waals surface area contributed by atoms with E-state index in [0.29, 0.717) is 57.2 Å². The summed E-state index contributed by atoms with van der Waals surface area (Å²) < 4.78 is 19.8. The lowest BCUT2D eigenvalue weighted by Gasteiger charge is -2.74. The number of aromatic amines is 1. The molecule has 41 heavy (non-hydrogen) atoms. The van der Waals surface area contributed by atoms with Gasteiger partial charge in [0.2, 0.25) is 0 Å². The van der Waals surface area contributed by atoms with Crippen LogP contribution in [-0.2, 0) is 20.6 Å². The van der Waals surface area contributed by atoms with Gasteiger partial charge in [0.05, 0.1) is 18.3 Å². The van der Waals surface area contributed by atoms with E-state index in [4.69, 9.17) is 14.2 Å². The Balaban J connectivity index is 1.32. The highest BCUT2D eigenvalue weighted by Crippen LogP contribution is 2.74. The van der Waals surface area contributed by atoms with Crippen LogP contribution in [-0.4, -0.2) is 93.2 Å². The largest absolute Gasteiger partial charge is 0.454 e. The van der Waals surface area contributed by atoms with Crippen molar-refractivity contribution in [1.29, 1.82) is 0 Å². The van der Waals surface area contributed by atoms with E-state index in [2.05, 4.69) is 36.0 Å². The Morgan fingerprint density at radius 3 is 2.83 bits per heavy atom. The van der Waals surface area contributed by atoms with E-state index < -0.39 is 46.1 Å². The molecule has 1 unspecified atom stereocenters. The SMILES string of the molecule is CCc1[nH]cc(C)c1C(=O)O[C@@H](C)C1=CC[C@@]23OCCN(C)C[C@@]12C[C@@H](O)[C@]12O[C@]4(O)CC[C@@]1(C)[C@H](CC=C32)C4O. The molecule has 7 aliphatic rings. The summed E-state index contributed by atoms with van der Waals surface area (Å²) in [5.74, 6) is -2.28. The molecule has 5 fully saturated rings. The number of nitrogens with one attached hydrogen (secondary N) is 1. The number of nitrogens with zero attached hydrogens (tertiary/aromatic N) is 1. The van der Waals surface area contributed by atoms with Gasteiger partial charge >= 0.3 is 5.97 Å². The van der Waals surface area contributed by atoms with Crippen LogP contribution in [0.1, 0.15) is 74.5 Å². The molecule has 0 radical (unpaired) electrons. The van der Waals surface area contributed by atoms with Gasteiger partial charge in [0.25, 0.3) is 0 Å². The van der Waals surface area contributed by atoms with Crippen LogP contribution in [0.25, 0.3) is 0 Å². The summed E-state index contributed by atoms with van der Waals surface area (Å²) in [6.07, 6.45) is 6.79. The molecule has 3 saturated heterocycles. The topological polar surface area (TPSA) is 124 Å². The van der Waals surface area contributed by atoms with Gasteiger partial charge in [0.1, 0.15) is 23.4 Å². The number of carbonyl (C=O) groups excluding carboxylic acids is 1. The number of esters is 1. The molecule has 8 rings (SSSR count). The summed E-state index contributed by atoms with van der Waals surface area (Å²) in [4.78, 5) is 18.9. The van der Waals surface area contributed by atoms with E-state index in [9.17, 15) is 20.1 Å². The molecular weight excluding hydrogens is 524 g/mol. The van der Waals surface area contributed by atoms with Gasteiger partial charge in [-0.2, -0.15) is 0 Å². The van der Waals surface area contributed by atoms with Crippen molar-refractivity contribution in [2.75, 3.05) is 26.7 Å². The number of hydrogen-bond donors (Lipinski definition) is 4. The minimum absolute atomic E-state index is 0.225. The van der Waals surface area contributed by atoms with Crippen molar-refractivity contribution in [3.05, 3.63) is 46.3 Å². The molecule has 1 aromatic heterocycles. The zero-order chi connectivity index (χ0) is 29.2. The highest BCUT2D eigenvalue weighted by atomic mass is 16.7. The molecule has 3 aliphatic heterocycles. The van der Waals surface area contributed by atoms with Crippen molar-refractivity contribution in [2.45, 2.75) is 102 Å². The fourth-order valence-electron chi connectivity index (χ4n) is 10.1. The van der Waals surface area contributed by atoms with Gasteiger partial charge in [-0.15, -0.1) is 0 Å². The highest BCUT2D eigenvalue weighted by molar-refractivity contribution is 5.92. The molecule has 1 spiro atoms. The van der Waals surface area contributed by atoms with Gasteiger partial charge in [-0.25, -0.2) is 4.79 Å². The Labute approximate surface area is 241 Å². The summed E-state index contributed by atoms with van der Waals surface area (Å²) in [7, 11) is 2.07. The first-order valence-electron chi connectivity index (χ1n) is 15.3. The van der Waals surface area contributed by atoms with Crippen LogP contribution in [0, 0.1) is 23.7 Å². The van der Waals surface area contributed by atoms with Crippen LogP contribution in [0.2, 0.25) is 0 Å². The predicted octanol–water partition coefficient (Wildman–Crippen LogP) is 2.78. The number of aliphatic hydroxyl groups excluding tert-OH is 2. The van der Waals surface area contributed by atoms with Gasteiger partial charge in [-0.1, -0.05) is 26.0 Å². The van der Waals surface area contributed by atoms with Crippen LogP contribution in [0.4, 0.5) is 0 Å². The van der Waals surface area contributed by atoms with Crippen LogP contribution >= 0.6 is 0 Å². The maximum Gasteiger partial charge on any atom is 0.340 e. The molecule has 4 aliphatic carbocycles. The summed E-state index contributed by atoms with van der Waals surface area (Å²) in [5.41, 5.74) is 0.945. The molecule has 4 N–H and O–H groups in total. The maximum atomic E-state index is 13.5. The van der Waals surface area contributed by atoms with Crippen molar-refractivity contribution >= 4 is 5.97 Å². The lowest BCUT2D eigenvalue weighted by atomic mass is 9.40. The summed E-state index contributed by atoms with van der Waals surface area (Å²) in [6.45, 7) is 9.82. The van der Waals surface area contributed by atoms with Crippen molar-refractivity contribution in [3.63, 3.8) is 0 Å². The van der Waals surface area contributed by atoms with Gasteiger partial charge in [-0.3, -0.25) is 0 Å². The Bertz CT molecular complexity index is 1350. The fraction of sp³-hybridized carbons (Fsp3) is 0.719. The third-order valence-electron chi connectivity index (χ3n) is 12.0. The van der Waals surface area contributed by atoms with E-state index in [1.165, 1.54) is 0 Å². The average Bonchev–Trinajstić information content (AvgIpc) is 3.40. The van der Waals surface area contributed by atoms with Crippen LogP contribution in [0.5, 0.6) is 0 Å². The lowest BCUT2D eigenvalue weighted by Crippen LogP contribution is -2.82. The summed E-state index contributed by atoms with van der Waals surface area (Å²) >= 11 is 0. The van der Waals surface area contributed by atoms with E-state index >= 15 is 0 Å². The van der Waals surface area contributed by atoms with Crippen LogP contribution in [0.15, 0.2) is 29.5 Å². The minimum Gasteiger partial charge on any atom is -0.454 e. The molecule has 0 aromatic carbocycles. The molecule has 2 saturated carbocycles. The van der Waals surface area contributed by atoms with Crippen LogP contribution < -0.4 is 0 Å². The Morgan fingerprint density at radius 2 is 2.07 bits per heavy atom. The summed E-state index contributed by atoms with van der Waals surface area (Å²) in [5, 5.41) is 35.0. The number of allylic oxidation sites excluding steroid dienone is 1. The lowest BCUT2D eigenvalue weighted by molar-refractivity contribution is -0.431. The fourth-order valence-corrected chi connectivity index (χ4v) is 10.1. The first-order chi connectivity index (χ1) is 19.4. The van der Waals surface area contributed by atoms with Gasteiger partial charge < -0.3 is 39.4 Å². The molecule has 9 heteroatoms. The second kappa shape index (κ2) is 8.77. The zero-order valence-corrected chi connectivity index (χ0v) is 24.8. The predicted molar refractivity (Wildman–Crippen MR) is 150 cm³/mol. The number of carbonyl (C=O) groups is 1. The Hall–Kier alpha value is -2.01. The van der Waals surface area contributed by atoms with Crippen molar-refractivity contribution in [1.82, 2.24) is 9.88 Å². The average molecular weight is 569 g/mol. The quantitative estimate of drug-likeness (QED) is 0.323. The number of ether oxygens (including phenoxy) is 3. The van der Waals surface area contributed by atoms with Gasteiger partial charge in [0.15, 0.2) is 5.79 Å². The molecular formula is C32H44N2O7. The maximum absolute atomic E-state index is 13.5.